The molecule has 0 aromatic heterocycles. The van der Waals surface area contributed by atoms with Gasteiger partial charge in [-0.25, -0.2) is 4.79 Å². The SMILES string of the molecule is CC(=O)O[C@@H]1[C@H](O[C@@H]2O[C@H](CO)[C@@H](O)[C@@H]2O)[C@@H](O[C@@H]2OC(C)[C@H](O[C@@H]3OC[C@H](O)[C@H](O)[C@H]3O)[C@@H](O)[C@H]2O)[C@H](OC(=O)C2CC(C)(C)CC3C4=CCC5[C@@]6(C)CC[C@H](O[C@@H]7O[C@H](C(=O)O)C(O)[C@H](O)[C@H]7O[C@@H]7O[C@H](CO)[C@H](O)[C@H](O)[C@H]7O)[C@@](C)(C=O)C6CC[C@@]5(C)[C@]4(C)CCC23)O[C@@H]1C. The number of allylic oxidation sites excluding steroid dienone is 2. The first-order valence-electron chi connectivity index (χ1n) is 34.3. The number of aldehydes is 1. The van der Waals surface area contributed by atoms with Gasteiger partial charge in [0, 0.05) is 6.92 Å². The lowest BCUT2D eigenvalue weighted by Crippen LogP contribution is -2.67. The Morgan fingerprint density at radius 3 is 1.74 bits per heavy atom. The van der Waals surface area contributed by atoms with Gasteiger partial charge in [-0.05, 0) is 117 Å². The van der Waals surface area contributed by atoms with Crippen molar-refractivity contribution >= 4 is 24.2 Å². The minimum absolute atomic E-state index is 0.0166. The van der Waals surface area contributed by atoms with E-state index in [1.54, 1.807) is 6.92 Å². The summed E-state index contributed by atoms with van der Waals surface area (Å²) in [6, 6.07) is 0. The van der Waals surface area contributed by atoms with Gasteiger partial charge in [0.25, 0.3) is 0 Å². The van der Waals surface area contributed by atoms with Gasteiger partial charge in [-0.15, -0.1) is 0 Å². The molecule has 0 aromatic carbocycles. The largest absolute Gasteiger partial charge is 0.479 e. The number of rotatable bonds is 17. The zero-order chi connectivity index (χ0) is 71.5. The fraction of sp³-hybridized carbons (Fsp3) is 0.909. The predicted octanol–water partition coefficient (Wildman–Crippen LogP) is -3.36. The molecule has 98 heavy (non-hydrogen) atoms. The lowest BCUT2D eigenvalue weighted by Gasteiger charge is -2.70. The van der Waals surface area contributed by atoms with E-state index in [1.165, 1.54) is 19.4 Å². The lowest BCUT2D eigenvalue weighted by atomic mass is 9.34. The van der Waals surface area contributed by atoms with Gasteiger partial charge >= 0.3 is 17.9 Å². The van der Waals surface area contributed by atoms with E-state index < -0.39 is 243 Å². The molecule has 38 atom stereocenters. The summed E-state index contributed by atoms with van der Waals surface area (Å²) in [6.45, 7) is 14.8. The normalized spacial score (nSPS) is 53.2. The standard InChI is InChI=1S/C66H102O32/c1-24-48(93-56-44(79)37(72)31(71)22-86-56)43(78)47(82)57(87-24)97-53-52(96-58-45(80)39(74)33(21-68)91-58)49(89-26(3)70)25(2)88-61(53)98-55(85)29-19-62(4,5)18-28-27(29)12-16-65(8)30(28)10-11-35-63(6)15-14-36(64(7,23-69)34(63)13-17-66(35,65)9)92-60-51(42(77)41(76)50(94-60)54(83)84)95-59-46(81)40(75)38(73)32(20-67)90-59/h10,23-25,27-29,31-53,56-61,67-68,71-82H,11-22H2,1-9H3,(H,83,84)/t24?,25-,27?,28?,29?,31+,32-,33-,34?,35?,36+,37+,38+,39-,40+,41?,42+,43+,44-,45+,46-,47-,48+,49+,50+,51-,52+,53-,56+,57+,58+,59+,60-,61+,63+,64+,65-,66-/m1/s1. The van der Waals surface area contributed by atoms with Crippen LogP contribution >= 0.6 is 0 Å². The van der Waals surface area contributed by atoms with Crippen molar-refractivity contribution in [1.82, 2.24) is 0 Å². The number of aliphatic hydroxyl groups is 14. The molecule has 11 aliphatic rings. The summed E-state index contributed by atoms with van der Waals surface area (Å²) < 4.78 is 78.6. The molecule has 0 spiro atoms. The molecule has 0 amide bonds. The number of carbonyl (C=O) groups is 4. The summed E-state index contributed by atoms with van der Waals surface area (Å²) in [5.41, 5.74) is -1.90. The molecule has 0 bridgehead atoms. The molecule has 11 rings (SSSR count). The fourth-order valence-electron chi connectivity index (χ4n) is 19.3. The third kappa shape index (κ3) is 13.3. The van der Waals surface area contributed by atoms with Crippen molar-refractivity contribution < 1.29 is 157 Å². The van der Waals surface area contributed by atoms with Crippen molar-refractivity contribution in [2.45, 2.75) is 298 Å². The van der Waals surface area contributed by atoms with E-state index in [0.717, 1.165) is 13.2 Å². The maximum Gasteiger partial charge on any atom is 0.335 e. The first-order valence-corrected chi connectivity index (χ1v) is 34.3. The lowest BCUT2D eigenvalue weighted by molar-refractivity contribution is -0.382. The average Bonchev–Trinajstić information content (AvgIpc) is 0.710. The Balaban J connectivity index is 0.847. The fourth-order valence-corrected chi connectivity index (χ4v) is 19.3. The van der Waals surface area contributed by atoms with Gasteiger partial charge in [0.05, 0.1) is 49.5 Å². The minimum atomic E-state index is -2.09. The molecule has 15 N–H and O–H groups in total. The van der Waals surface area contributed by atoms with E-state index in [2.05, 4.69) is 40.7 Å². The van der Waals surface area contributed by atoms with E-state index >= 15 is 4.79 Å². The molecule has 32 nitrogen and oxygen atoms in total. The second-order valence-electron chi connectivity index (χ2n) is 31.1. The molecule has 0 aromatic rings. The Bertz CT molecular complexity index is 2870. The van der Waals surface area contributed by atoms with Crippen LogP contribution in [0.4, 0.5) is 0 Å². The Labute approximate surface area is 566 Å². The van der Waals surface area contributed by atoms with Gasteiger partial charge in [-0.3, -0.25) is 9.59 Å². The van der Waals surface area contributed by atoms with Crippen molar-refractivity contribution in [2.75, 3.05) is 19.8 Å². The highest BCUT2D eigenvalue weighted by molar-refractivity contribution is 5.74. The third-order valence-electron chi connectivity index (χ3n) is 24.8. The summed E-state index contributed by atoms with van der Waals surface area (Å²) in [5, 5.41) is 161. The minimum Gasteiger partial charge on any atom is -0.479 e. The van der Waals surface area contributed by atoms with E-state index in [4.69, 9.17) is 61.6 Å². The zero-order valence-electron chi connectivity index (χ0n) is 56.4. The van der Waals surface area contributed by atoms with Crippen LogP contribution in [-0.2, 0) is 80.8 Å². The van der Waals surface area contributed by atoms with Gasteiger partial charge in [-0.2, -0.15) is 0 Å². The Hall–Kier alpha value is -3.18. The maximum absolute atomic E-state index is 15.6. The number of hydrogen-bond donors (Lipinski definition) is 15. The van der Waals surface area contributed by atoms with Crippen LogP contribution in [0.2, 0.25) is 0 Å². The number of fused-ring (bicyclic) bond motifs is 7. The van der Waals surface area contributed by atoms with Gasteiger partial charge in [0.1, 0.15) is 110 Å². The quantitative estimate of drug-likeness (QED) is 0.0293. The summed E-state index contributed by atoms with van der Waals surface area (Å²) in [5.74, 6) is -4.73. The van der Waals surface area contributed by atoms with Gasteiger partial charge in [-0.1, -0.05) is 53.2 Å². The highest BCUT2D eigenvalue weighted by Gasteiger charge is 2.70. The Kier molecular flexibility index (Phi) is 22.2. The highest BCUT2D eigenvalue weighted by Crippen LogP contribution is 2.75. The van der Waals surface area contributed by atoms with Gasteiger partial charge in [0.15, 0.2) is 49.8 Å². The Morgan fingerprint density at radius 1 is 0.551 bits per heavy atom. The van der Waals surface area contributed by atoms with Gasteiger partial charge < -0.3 is 143 Å². The van der Waals surface area contributed by atoms with Crippen LogP contribution in [-0.4, -0.2) is 299 Å². The van der Waals surface area contributed by atoms with Crippen LogP contribution in [0.25, 0.3) is 0 Å². The molecule has 32 heteroatoms. The molecule has 10 fully saturated rings. The first kappa shape index (κ1) is 76.0. The van der Waals surface area contributed by atoms with Crippen molar-refractivity contribution in [3.63, 3.8) is 0 Å². The number of aliphatic carboxylic acids is 1. The Morgan fingerprint density at radius 2 is 1.11 bits per heavy atom. The predicted molar refractivity (Wildman–Crippen MR) is 324 cm³/mol. The third-order valence-corrected chi connectivity index (χ3v) is 24.8. The summed E-state index contributed by atoms with van der Waals surface area (Å²) >= 11 is 0. The van der Waals surface area contributed by atoms with E-state index in [9.17, 15) is 91.0 Å². The van der Waals surface area contributed by atoms with Crippen molar-refractivity contribution in [1.29, 1.82) is 0 Å². The molecule has 7 unspecified atom stereocenters. The van der Waals surface area contributed by atoms with Crippen LogP contribution in [0.15, 0.2) is 11.6 Å². The highest BCUT2D eigenvalue weighted by atomic mass is 16.8. The van der Waals surface area contributed by atoms with E-state index in [1.807, 2.05) is 0 Å². The van der Waals surface area contributed by atoms with E-state index in [-0.39, 0.29) is 35.5 Å². The van der Waals surface area contributed by atoms with Crippen LogP contribution in [0.5, 0.6) is 0 Å². The van der Waals surface area contributed by atoms with Crippen molar-refractivity contribution in [2.24, 2.45) is 56.7 Å². The maximum atomic E-state index is 15.6. The topological polar surface area (TPSA) is 492 Å². The van der Waals surface area contributed by atoms with Crippen LogP contribution in [0.1, 0.15) is 120 Å². The van der Waals surface area contributed by atoms with Crippen LogP contribution < -0.4 is 0 Å². The van der Waals surface area contributed by atoms with Crippen LogP contribution in [0.3, 0.4) is 0 Å². The molecule has 6 heterocycles. The molecule has 5 aliphatic carbocycles. The van der Waals surface area contributed by atoms with Crippen LogP contribution in [0, 0.1) is 56.7 Å². The zero-order valence-corrected chi connectivity index (χ0v) is 56.4. The van der Waals surface area contributed by atoms with Crippen molar-refractivity contribution in [3.05, 3.63) is 11.6 Å². The first-order chi connectivity index (χ1) is 46.0. The summed E-state index contributed by atoms with van der Waals surface area (Å²) in [6.07, 6.45) is -41.0. The molecular weight excluding hydrogens is 1300 g/mol. The number of hydrogen-bond acceptors (Lipinski definition) is 31. The summed E-state index contributed by atoms with van der Waals surface area (Å²) in [4.78, 5) is 54.9. The number of carboxylic acid groups (broad SMARTS) is 1. The number of aliphatic hydroxyl groups excluding tert-OH is 14. The number of carbonyl (C=O) groups excluding carboxylic acids is 3. The molecule has 4 saturated carbocycles. The molecule has 6 aliphatic heterocycles. The molecule has 0 radical (unpaired) electrons. The van der Waals surface area contributed by atoms with Crippen molar-refractivity contribution in [3.8, 4) is 0 Å². The van der Waals surface area contributed by atoms with Gasteiger partial charge in [0.2, 0.25) is 6.29 Å². The second kappa shape index (κ2) is 28.7. The molecule has 6 saturated heterocycles. The van der Waals surface area contributed by atoms with E-state index in [0.29, 0.717) is 51.4 Å². The summed E-state index contributed by atoms with van der Waals surface area (Å²) in [7, 11) is 0. The average molecular weight is 1410 g/mol. The molecular formula is C66H102O32. The number of ether oxygens (including phenoxy) is 13. The smallest absolute Gasteiger partial charge is 0.335 e. The number of carboxylic acids is 1. The second-order valence-corrected chi connectivity index (χ2v) is 31.1. The number of esters is 2. The monoisotopic (exact) mass is 1410 g/mol. The molecule has 558 valence electrons.